The highest BCUT2D eigenvalue weighted by Gasteiger charge is 2.27. The van der Waals surface area contributed by atoms with Crippen molar-refractivity contribution in [2.75, 3.05) is 0 Å². The minimum absolute atomic E-state index is 0.135. The van der Waals surface area contributed by atoms with Crippen LogP contribution in [-0.4, -0.2) is 19.2 Å². The van der Waals surface area contributed by atoms with Crippen molar-refractivity contribution in [1.29, 1.82) is 0 Å². The zero-order valence-electron chi connectivity index (χ0n) is 10.5. The number of hydrogen-bond donors (Lipinski definition) is 1. The molecule has 2 aromatic heterocycles. The fourth-order valence-corrected chi connectivity index (χ4v) is 1.59. The highest BCUT2D eigenvalue weighted by atomic mass is 16.1. The third-order valence-corrected chi connectivity index (χ3v) is 2.88. The van der Waals surface area contributed by atoms with Gasteiger partial charge in [0.2, 0.25) is 5.65 Å². The molecule has 17 heavy (non-hydrogen) atoms. The van der Waals surface area contributed by atoms with Crippen LogP contribution < -0.4 is 11.3 Å². The van der Waals surface area contributed by atoms with Crippen LogP contribution in [0.25, 0.3) is 5.65 Å². The molecule has 0 aromatic carbocycles. The van der Waals surface area contributed by atoms with Crippen molar-refractivity contribution in [3.05, 3.63) is 28.6 Å². The molecule has 0 amide bonds. The molecule has 2 N–H and O–H groups in total. The van der Waals surface area contributed by atoms with Gasteiger partial charge in [0.05, 0.1) is 6.04 Å². The van der Waals surface area contributed by atoms with E-state index < -0.39 is 0 Å². The van der Waals surface area contributed by atoms with E-state index in [1.165, 1.54) is 4.57 Å². The summed E-state index contributed by atoms with van der Waals surface area (Å²) in [5.41, 5.74) is 6.14. The lowest BCUT2D eigenvalue weighted by molar-refractivity contribution is 0.313. The Balaban J connectivity index is 2.66. The van der Waals surface area contributed by atoms with Crippen molar-refractivity contribution in [2.24, 2.45) is 18.2 Å². The normalized spacial score (nSPS) is 14.2. The number of rotatable bonds is 1. The Morgan fingerprint density at radius 3 is 2.53 bits per heavy atom. The molecule has 1 atom stereocenters. The number of fused-ring (bicyclic) bond motifs is 1. The molecule has 0 aliphatic heterocycles. The van der Waals surface area contributed by atoms with Crippen molar-refractivity contribution < 1.29 is 0 Å². The largest absolute Gasteiger partial charge is 0.321 e. The van der Waals surface area contributed by atoms with Crippen LogP contribution in [0, 0.1) is 5.41 Å². The lowest BCUT2D eigenvalue weighted by Crippen LogP contribution is -2.29. The fourth-order valence-electron chi connectivity index (χ4n) is 1.59. The molecule has 2 aromatic rings. The van der Waals surface area contributed by atoms with Gasteiger partial charge in [0.1, 0.15) is 0 Å². The van der Waals surface area contributed by atoms with Crippen LogP contribution in [-0.2, 0) is 7.05 Å². The fraction of sp³-hybridized carbons (Fsp3) is 0.545. The van der Waals surface area contributed by atoms with E-state index in [4.69, 9.17) is 5.73 Å². The Bertz CT molecular complexity index is 604. The molecular formula is C11H17N5O. The standard InChI is InChI=1S/C11H17N5O/c1-11(2,3)7(12)8-13-14-9-10(17)15(4)5-6-16(8)9/h5-7H,12H2,1-4H3/t7-/m0/s1. The molecule has 2 heterocycles. The number of aryl methyl sites for hydroxylation is 1. The van der Waals surface area contributed by atoms with Gasteiger partial charge in [-0.15, -0.1) is 10.2 Å². The monoisotopic (exact) mass is 235 g/mol. The topological polar surface area (TPSA) is 78.2 Å². The van der Waals surface area contributed by atoms with Crippen molar-refractivity contribution in [1.82, 2.24) is 19.2 Å². The highest BCUT2D eigenvalue weighted by molar-refractivity contribution is 5.35. The maximum Gasteiger partial charge on any atom is 0.295 e. The molecule has 0 saturated heterocycles. The molecule has 2 rings (SSSR count). The molecule has 0 radical (unpaired) electrons. The minimum Gasteiger partial charge on any atom is -0.321 e. The molecule has 6 nitrogen and oxygen atoms in total. The molecule has 6 heteroatoms. The van der Waals surface area contributed by atoms with Crippen molar-refractivity contribution in [3.63, 3.8) is 0 Å². The van der Waals surface area contributed by atoms with Crippen LogP contribution in [0.2, 0.25) is 0 Å². The average Bonchev–Trinajstić information content (AvgIpc) is 2.65. The summed E-state index contributed by atoms with van der Waals surface area (Å²) in [6.07, 6.45) is 3.44. The second-order valence-electron chi connectivity index (χ2n) is 5.31. The van der Waals surface area contributed by atoms with E-state index in [0.717, 1.165) is 0 Å². The van der Waals surface area contributed by atoms with Gasteiger partial charge in [0.15, 0.2) is 5.82 Å². The van der Waals surface area contributed by atoms with E-state index in [9.17, 15) is 4.79 Å². The van der Waals surface area contributed by atoms with Gasteiger partial charge in [0.25, 0.3) is 5.56 Å². The molecule has 0 bridgehead atoms. The number of nitrogens with two attached hydrogens (primary N) is 1. The third-order valence-electron chi connectivity index (χ3n) is 2.88. The second kappa shape index (κ2) is 3.66. The number of hydrogen-bond acceptors (Lipinski definition) is 4. The summed E-state index contributed by atoms with van der Waals surface area (Å²) in [6.45, 7) is 6.08. The van der Waals surface area contributed by atoms with Gasteiger partial charge in [-0.3, -0.25) is 9.20 Å². The van der Waals surface area contributed by atoms with Gasteiger partial charge >= 0.3 is 0 Å². The predicted octanol–water partition coefficient (Wildman–Crippen LogP) is 0.474. The summed E-state index contributed by atoms with van der Waals surface area (Å²) in [7, 11) is 1.68. The van der Waals surface area contributed by atoms with E-state index in [2.05, 4.69) is 10.2 Å². The highest BCUT2D eigenvalue weighted by Crippen LogP contribution is 2.28. The summed E-state index contributed by atoms with van der Waals surface area (Å²) in [4.78, 5) is 11.8. The van der Waals surface area contributed by atoms with E-state index in [0.29, 0.717) is 11.5 Å². The zero-order chi connectivity index (χ0) is 12.8. The van der Waals surface area contributed by atoms with Crippen LogP contribution in [0.1, 0.15) is 32.6 Å². The lowest BCUT2D eigenvalue weighted by atomic mass is 9.87. The van der Waals surface area contributed by atoms with Crippen LogP contribution in [0.4, 0.5) is 0 Å². The summed E-state index contributed by atoms with van der Waals surface area (Å²) in [5.74, 6) is 0.616. The average molecular weight is 235 g/mol. The van der Waals surface area contributed by atoms with Crippen LogP contribution >= 0.6 is 0 Å². The molecule has 0 fully saturated rings. The molecule has 0 aliphatic rings. The van der Waals surface area contributed by atoms with Crippen LogP contribution in [0.15, 0.2) is 17.2 Å². The van der Waals surface area contributed by atoms with Gasteiger partial charge in [-0.2, -0.15) is 0 Å². The zero-order valence-corrected chi connectivity index (χ0v) is 10.5. The Kier molecular flexibility index (Phi) is 2.54. The first-order valence-corrected chi connectivity index (χ1v) is 5.48. The predicted molar refractivity (Wildman–Crippen MR) is 64.6 cm³/mol. The summed E-state index contributed by atoms with van der Waals surface area (Å²) in [5, 5.41) is 7.95. The molecule has 0 saturated carbocycles. The molecule has 92 valence electrons. The second-order valence-corrected chi connectivity index (χ2v) is 5.31. The number of nitrogens with zero attached hydrogens (tertiary/aromatic N) is 4. The first kappa shape index (κ1) is 11.8. The molecule has 0 unspecified atom stereocenters. The van der Waals surface area contributed by atoms with Gasteiger partial charge < -0.3 is 10.3 Å². The van der Waals surface area contributed by atoms with E-state index in [-0.39, 0.29) is 17.0 Å². The Morgan fingerprint density at radius 2 is 1.94 bits per heavy atom. The van der Waals surface area contributed by atoms with Gasteiger partial charge in [-0.05, 0) is 5.41 Å². The minimum atomic E-state index is -0.274. The smallest absolute Gasteiger partial charge is 0.295 e. The van der Waals surface area contributed by atoms with Crippen molar-refractivity contribution >= 4 is 5.65 Å². The number of aromatic nitrogens is 4. The van der Waals surface area contributed by atoms with Gasteiger partial charge in [0, 0.05) is 19.4 Å². The summed E-state index contributed by atoms with van der Waals surface area (Å²) in [6, 6.07) is -0.274. The van der Waals surface area contributed by atoms with Crippen molar-refractivity contribution in [2.45, 2.75) is 26.8 Å². The molecule has 0 spiro atoms. The third kappa shape index (κ3) is 1.84. The molecule has 0 aliphatic carbocycles. The first-order chi connectivity index (χ1) is 7.82. The van der Waals surface area contributed by atoms with E-state index in [1.54, 1.807) is 23.8 Å². The van der Waals surface area contributed by atoms with Crippen molar-refractivity contribution in [3.8, 4) is 0 Å². The van der Waals surface area contributed by atoms with Crippen LogP contribution in [0.3, 0.4) is 0 Å². The summed E-state index contributed by atoms with van der Waals surface area (Å²) >= 11 is 0. The SMILES string of the molecule is Cn1ccn2c([C@H](N)C(C)(C)C)nnc2c1=O. The Morgan fingerprint density at radius 1 is 1.29 bits per heavy atom. The maximum atomic E-state index is 11.8. The van der Waals surface area contributed by atoms with Gasteiger partial charge in [-0.1, -0.05) is 20.8 Å². The van der Waals surface area contributed by atoms with Gasteiger partial charge in [-0.25, -0.2) is 0 Å². The lowest BCUT2D eigenvalue weighted by Gasteiger charge is -2.25. The Hall–Kier alpha value is -1.69. The van der Waals surface area contributed by atoms with E-state index in [1.807, 2.05) is 20.8 Å². The molecular weight excluding hydrogens is 218 g/mol. The summed E-state index contributed by atoms with van der Waals surface area (Å²) < 4.78 is 3.13. The maximum absolute atomic E-state index is 11.8. The van der Waals surface area contributed by atoms with Crippen LogP contribution in [0.5, 0.6) is 0 Å². The first-order valence-electron chi connectivity index (χ1n) is 5.48. The van der Waals surface area contributed by atoms with E-state index >= 15 is 0 Å². The Labute approximate surface area is 99.1 Å². The quantitative estimate of drug-likeness (QED) is 0.779.